The smallest absolute Gasteiger partial charge is 0.349 e. The van der Waals surface area contributed by atoms with Crippen LogP contribution in [-0.2, 0) is 4.79 Å². The second-order valence-electron chi connectivity index (χ2n) is 7.15. The summed E-state index contributed by atoms with van der Waals surface area (Å²) in [6.45, 7) is 3.77. The minimum absolute atomic E-state index is 0.0509. The summed E-state index contributed by atoms with van der Waals surface area (Å²) < 4.78 is 16.6. The second-order valence-corrected chi connectivity index (χ2v) is 8.13. The van der Waals surface area contributed by atoms with Gasteiger partial charge in [-0.1, -0.05) is 18.2 Å². The Kier molecular flexibility index (Phi) is 5.65. The quantitative estimate of drug-likeness (QED) is 0.469. The predicted molar refractivity (Wildman–Crippen MR) is 117 cm³/mol. The number of hydrogen-bond donors (Lipinski definition) is 1. The number of carbonyl (C=O) groups is 1. The highest BCUT2D eigenvalue weighted by Crippen LogP contribution is 2.44. The first kappa shape index (κ1) is 20.5. The second kappa shape index (κ2) is 8.54. The van der Waals surface area contributed by atoms with Gasteiger partial charge in [-0.3, -0.25) is 0 Å². The molecule has 2 heterocycles. The fourth-order valence-corrected chi connectivity index (χ4v) is 4.21. The van der Waals surface area contributed by atoms with Gasteiger partial charge in [-0.2, -0.15) is 5.26 Å². The molecule has 1 atom stereocenters. The summed E-state index contributed by atoms with van der Waals surface area (Å²) in [6, 6.07) is 16.7. The van der Waals surface area contributed by atoms with Crippen molar-refractivity contribution in [3.63, 3.8) is 0 Å². The first-order valence-electron chi connectivity index (χ1n) is 9.62. The SMILES string of the molecule is Cc1ccc(OCC(=O)Oc2ccc3c(c2)OC(N)=C(C#N)C3c2cccs2)cc1C. The normalized spacial score (nSPS) is 14.9. The van der Waals surface area contributed by atoms with Crippen LogP contribution in [0.4, 0.5) is 0 Å². The average molecular weight is 433 g/mol. The largest absolute Gasteiger partial charge is 0.482 e. The monoisotopic (exact) mass is 432 g/mol. The number of thiophene rings is 1. The summed E-state index contributed by atoms with van der Waals surface area (Å²) in [7, 11) is 0. The first-order chi connectivity index (χ1) is 15.0. The third kappa shape index (κ3) is 4.25. The molecule has 4 rings (SSSR count). The van der Waals surface area contributed by atoms with Crippen molar-refractivity contribution in [2.75, 3.05) is 6.61 Å². The summed E-state index contributed by atoms with van der Waals surface area (Å²) in [6.07, 6.45) is 0. The molecule has 0 saturated heterocycles. The van der Waals surface area contributed by atoms with E-state index >= 15 is 0 Å². The third-order valence-electron chi connectivity index (χ3n) is 5.08. The first-order valence-corrected chi connectivity index (χ1v) is 10.5. The highest BCUT2D eigenvalue weighted by atomic mass is 32.1. The molecule has 156 valence electrons. The molecule has 1 aromatic heterocycles. The Morgan fingerprint density at radius 3 is 2.68 bits per heavy atom. The van der Waals surface area contributed by atoms with Gasteiger partial charge in [0, 0.05) is 16.5 Å². The number of allylic oxidation sites excluding steroid dienone is 1. The van der Waals surface area contributed by atoms with Gasteiger partial charge < -0.3 is 19.9 Å². The van der Waals surface area contributed by atoms with Crippen LogP contribution in [0, 0.1) is 25.2 Å². The van der Waals surface area contributed by atoms with E-state index in [-0.39, 0.29) is 18.4 Å². The van der Waals surface area contributed by atoms with Crippen LogP contribution in [0.3, 0.4) is 0 Å². The summed E-state index contributed by atoms with van der Waals surface area (Å²) in [5.74, 6) is 0.571. The number of carbonyl (C=O) groups excluding carboxylic acids is 1. The molecule has 0 fully saturated rings. The number of aryl methyl sites for hydroxylation is 2. The Hall–Kier alpha value is -3.76. The maximum Gasteiger partial charge on any atom is 0.349 e. The van der Waals surface area contributed by atoms with Crippen LogP contribution in [0.5, 0.6) is 17.2 Å². The van der Waals surface area contributed by atoms with E-state index in [0.717, 1.165) is 21.6 Å². The van der Waals surface area contributed by atoms with E-state index in [1.54, 1.807) is 18.2 Å². The lowest BCUT2D eigenvalue weighted by Gasteiger charge is -2.25. The maximum atomic E-state index is 12.3. The molecule has 0 spiro atoms. The van der Waals surface area contributed by atoms with Gasteiger partial charge in [-0.05, 0) is 54.6 Å². The van der Waals surface area contributed by atoms with Crippen LogP contribution >= 0.6 is 11.3 Å². The zero-order chi connectivity index (χ0) is 22.0. The van der Waals surface area contributed by atoms with E-state index in [1.165, 1.54) is 11.3 Å². The van der Waals surface area contributed by atoms with Crippen molar-refractivity contribution in [1.82, 2.24) is 0 Å². The maximum absolute atomic E-state index is 12.3. The van der Waals surface area contributed by atoms with Crippen molar-refractivity contribution in [2.24, 2.45) is 5.73 Å². The van der Waals surface area contributed by atoms with Gasteiger partial charge >= 0.3 is 5.97 Å². The van der Waals surface area contributed by atoms with Gasteiger partial charge in [-0.25, -0.2) is 4.79 Å². The zero-order valence-corrected chi connectivity index (χ0v) is 17.9. The summed E-state index contributed by atoms with van der Waals surface area (Å²) in [5, 5.41) is 11.5. The summed E-state index contributed by atoms with van der Waals surface area (Å²) >= 11 is 1.54. The van der Waals surface area contributed by atoms with Crippen LogP contribution in [0.2, 0.25) is 0 Å². The van der Waals surface area contributed by atoms with Crippen molar-refractivity contribution >= 4 is 17.3 Å². The number of ether oxygens (including phenoxy) is 3. The molecule has 0 amide bonds. The fourth-order valence-electron chi connectivity index (χ4n) is 3.35. The molecular weight excluding hydrogens is 412 g/mol. The van der Waals surface area contributed by atoms with Gasteiger partial charge in [0.1, 0.15) is 28.9 Å². The molecule has 1 aliphatic rings. The molecule has 2 aromatic carbocycles. The average Bonchev–Trinajstić information content (AvgIpc) is 3.28. The minimum atomic E-state index is -0.537. The van der Waals surface area contributed by atoms with Crippen molar-refractivity contribution in [3.05, 3.63) is 86.9 Å². The summed E-state index contributed by atoms with van der Waals surface area (Å²) in [4.78, 5) is 13.2. The fraction of sp³-hybridized carbons (Fsp3) is 0.167. The Bertz CT molecular complexity index is 1210. The zero-order valence-electron chi connectivity index (χ0n) is 17.0. The number of fused-ring (bicyclic) bond motifs is 1. The molecular formula is C24H20N2O4S. The van der Waals surface area contributed by atoms with Crippen LogP contribution in [0.15, 0.2) is 65.4 Å². The molecule has 2 N–H and O–H groups in total. The van der Waals surface area contributed by atoms with Crippen molar-refractivity contribution < 1.29 is 19.0 Å². The molecule has 1 aliphatic heterocycles. The highest BCUT2D eigenvalue weighted by molar-refractivity contribution is 7.10. The Labute approximate surface area is 184 Å². The number of benzene rings is 2. The lowest BCUT2D eigenvalue weighted by molar-refractivity contribution is -0.136. The molecule has 3 aromatic rings. The highest BCUT2D eigenvalue weighted by Gasteiger charge is 2.31. The molecule has 1 unspecified atom stereocenters. The molecule has 0 radical (unpaired) electrons. The third-order valence-corrected chi connectivity index (χ3v) is 6.02. The number of nitrogens with zero attached hydrogens (tertiary/aromatic N) is 1. The van der Waals surface area contributed by atoms with E-state index in [9.17, 15) is 10.1 Å². The number of nitrogens with two attached hydrogens (primary N) is 1. The lowest BCUT2D eigenvalue weighted by atomic mass is 9.88. The predicted octanol–water partition coefficient (Wildman–Crippen LogP) is 4.57. The van der Waals surface area contributed by atoms with Gasteiger partial charge in [0.05, 0.1) is 5.92 Å². The standard InChI is InChI=1S/C24H20N2O4S/c1-14-5-6-16(10-15(14)2)28-13-22(27)29-17-7-8-18-20(11-17)30-24(26)19(12-25)23(18)21-4-3-9-31-21/h3-11,23H,13,26H2,1-2H3. The van der Waals surface area contributed by atoms with Gasteiger partial charge in [0.2, 0.25) is 5.88 Å². The van der Waals surface area contributed by atoms with Gasteiger partial charge in [0.25, 0.3) is 0 Å². The number of nitriles is 1. The van der Waals surface area contributed by atoms with Crippen LogP contribution in [-0.4, -0.2) is 12.6 Å². The van der Waals surface area contributed by atoms with E-state index < -0.39 is 5.97 Å². The van der Waals surface area contributed by atoms with E-state index in [2.05, 4.69) is 6.07 Å². The molecule has 0 saturated carbocycles. The van der Waals surface area contributed by atoms with E-state index in [4.69, 9.17) is 19.9 Å². The lowest BCUT2D eigenvalue weighted by Crippen LogP contribution is -2.21. The summed E-state index contributed by atoms with van der Waals surface area (Å²) in [5.41, 5.74) is 9.39. The van der Waals surface area contributed by atoms with Crippen LogP contribution in [0.1, 0.15) is 27.5 Å². The number of hydrogen-bond acceptors (Lipinski definition) is 7. The Morgan fingerprint density at radius 2 is 1.97 bits per heavy atom. The topological polar surface area (TPSA) is 94.6 Å². The molecule has 31 heavy (non-hydrogen) atoms. The number of rotatable bonds is 5. The van der Waals surface area contributed by atoms with Crippen LogP contribution < -0.4 is 19.9 Å². The van der Waals surface area contributed by atoms with E-state index in [0.29, 0.717) is 22.8 Å². The minimum Gasteiger partial charge on any atom is -0.482 e. The Balaban J connectivity index is 1.50. The van der Waals surface area contributed by atoms with Gasteiger partial charge in [-0.15, -0.1) is 11.3 Å². The van der Waals surface area contributed by atoms with Crippen LogP contribution in [0.25, 0.3) is 0 Å². The molecule has 7 heteroatoms. The van der Waals surface area contributed by atoms with Crippen molar-refractivity contribution in [3.8, 4) is 23.3 Å². The van der Waals surface area contributed by atoms with E-state index in [1.807, 2.05) is 49.6 Å². The number of esters is 1. The van der Waals surface area contributed by atoms with Gasteiger partial charge in [0.15, 0.2) is 6.61 Å². The molecule has 0 bridgehead atoms. The van der Waals surface area contributed by atoms with Crippen molar-refractivity contribution in [1.29, 1.82) is 5.26 Å². The Morgan fingerprint density at radius 1 is 1.16 bits per heavy atom. The molecule has 0 aliphatic carbocycles. The molecule has 6 nitrogen and oxygen atoms in total. The van der Waals surface area contributed by atoms with Crippen molar-refractivity contribution in [2.45, 2.75) is 19.8 Å².